The Kier molecular flexibility index (Phi) is 10.3. The van der Waals surface area contributed by atoms with E-state index in [1.165, 1.54) is 44.1 Å². The van der Waals surface area contributed by atoms with Gasteiger partial charge in [-0.2, -0.15) is 0 Å². The molecule has 1 aliphatic carbocycles. The van der Waals surface area contributed by atoms with Crippen molar-refractivity contribution in [3.63, 3.8) is 0 Å². The van der Waals surface area contributed by atoms with Crippen molar-refractivity contribution in [2.45, 2.75) is 91.2 Å². The van der Waals surface area contributed by atoms with Crippen LogP contribution in [0.1, 0.15) is 79.6 Å². The molecule has 0 bridgehead atoms. The van der Waals surface area contributed by atoms with Gasteiger partial charge < -0.3 is 15.0 Å². The second-order valence-electron chi connectivity index (χ2n) is 9.87. The quantitative estimate of drug-likeness (QED) is 0.440. The average Bonchev–Trinajstić information content (AvgIpc) is 3.15. The molecule has 0 radical (unpaired) electrons. The van der Waals surface area contributed by atoms with E-state index < -0.39 is 5.60 Å². The number of hydrogen-bond donors (Lipinski definition) is 1. The fourth-order valence-electron chi connectivity index (χ4n) is 4.17. The first-order chi connectivity index (χ1) is 15.2. The van der Waals surface area contributed by atoms with E-state index in [-0.39, 0.29) is 18.0 Å². The lowest BCUT2D eigenvalue weighted by Gasteiger charge is -2.24. The molecule has 0 aromatic rings. The predicted molar refractivity (Wildman–Crippen MR) is 131 cm³/mol. The number of carbonyl (C=O) groups excluding carboxylic acids is 2. The minimum Gasteiger partial charge on any atom is -0.444 e. The van der Waals surface area contributed by atoms with Gasteiger partial charge >= 0.3 is 6.09 Å². The van der Waals surface area contributed by atoms with Crippen LogP contribution in [0.3, 0.4) is 0 Å². The number of allylic oxidation sites excluding steroid dienone is 6. The highest BCUT2D eigenvalue weighted by molar-refractivity contribution is 5.96. The smallest absolute Gasteiger partial charge is 0.410 e. The second kappa shape index (κ2) is 12.7. The average molecular weight is 443 g/mol. The summed E-state index contributed by atoms with van der Waals surface area (Å²) >= 11 is 0. The summed E-state index contributed by atoms with van der Waals surface area (Å²) in [6, 6.07) is -0.0580. The number of nitrogens with zero attached hydrogens (tertiary/aromatic N) is 1. The van der Waals surface area contributed by atoms with Gasteiger partial charge in [-0.25, -0.2) is 4.79 Å². The zero-order valence-electron chi connectivity index (χ0n) is 20.7. The zero-order chi connectivity index (χ0) is 23.6. The van der Waals surface area contributed by atoms with Crippen LogP contribution in [0.15, 0.2) is 47.6 Å². The van der Waals surface area contributed by atoms with Crippen molar-refractivity contribution < 1.29 is 14.3 Å². The van der Waals surface area contributed by atoms with E-state index in [2.05, 4.69) is 31.3 Å². The maximum atomic E-state index is 12.8. The number of carbonyl (C=O) groups is 2. The van der Waals surface area contributed by atoms with Crippen molar-refractivity contribution in [3.05, 3.63) is 47.6 Å². The third-order valence-corrected chi connectivity index (χ3v) is 5.83. The number of hydrogen-bond acceptors (Lipinski definition) is 3. The molecule has 1 saturated heterocycles. The van der Waals surface area contributed by atoms with Crippen molar-refractivity contribution in [2.24, 2.45) is 5.92 Å². The van der Waals surface area contributed by atoms with Crippen LogP contribution < -0.4 is 5.32 Å². The van der Waals surface area contributed by atoms with Gasteiger partial charge in [-0.3, -0.25) is 4.79 Å². The van der Waals surface area contributed by atoms with Crippen molar-refractivity contribution in [2.75, 3.05) is 13.1 Å². The molecule has 0 aromatic heterocycles. The molecule has 2 amide bonds. The highest BCUT2D eigenvalue weighted by Gasteiger charge is 2.30. The molecule has 0 aromatic carbocycles. The molecule has 1 N–H and O–H groups in total. The van der Waals surface area contributed by atoms with Crippen LogP contribution in [0.25, 0.3) is 0 Å². The van der Waals surface area contributed by atoms with E-state index >= 15 is 0 Å². The van der Waals surface area contributed by atoms with Crippen molar-refractivity contribution in [1.29, 1.82) is 0 Å². The fourth-order valence-corrected chi connectivity index (χ4v) is 4.17. The normalized spacial score (nSPS) is 22.3. The Hall–Kier alpha value is -2.30. The Morgan fingerprint density at radius 3 is 2.53 bits per heavy atom. The number of unbranched alkanes of at least 4 members (excludes halogenated alkanes) is 2. The Balaban J connectivity index is 1.91. The van der Waals surface area contributed by atoms with Gasteiger partial charge in [-0.1, -0.05) is 63.8 Å². The lowest BCUT2D eigenvalue weighted by atomic mass is 9.88. The van der Waals surface area contributed by atoms with Gasteiger partial charge in [0, 0.05) is 24.7 Å². The maximum absolute atomic E-state index is 12.8. The fraction of sp³-hybridized carbons (Fsp3) is 0.630. The monoisotopic (exact) mass is 442 g/mol. The summed E-state index contributed by atoms with van der Waals surface area (Å²) in [7, 11) is 0. The van der Waals surface area contributed by atoms with Gasteiger partial charge in [-0.15, -0.1) is 0 Å². The minimum atomic E-state index is -0.516. The number of amides is 2. The standard InChI is InChI=1S/C27H42N2O3/c1-6-8-9-13-21(12-7-2)22-14-10-16-23(17-11-15-22)25(30)28-24-18-19-29(20-24)26(31)32-27(3,4)5/h10-11,14-17,21,24H,6-9,12-13,18-20H2,1-5H3,(H,28,30)/b14-10?,15-11?,16-10-,17-11?,22-14?,22-15?,23-16?,23-17+/t21?,24-/m1/s1. The summed E-state index contributed by atoms with van der Waals surface area (Å²) < 4.78 is 5.44. The van der Waals surface area contributed by atoms with Crippen LogP contribution in [0.4, 0.5) is 4.79 Å². The molecule has 2 atom stereocenters. The Morgan fingerprint density at radius 1 is 1.09 bits per heavy atom. The molecule has 0 spiro atoms. The molecule has 5 heteroatoms. The minimum absolute atomic E-state index is 0.0580. The zero-order valence-corrected chi connectivity index (χ0v) is 20.7. The molecule has 5 nitrogen and oxygen atoms in total. The first-order valence-corrected chi connectivity index (χ1v) is 12.3. The maximum Gasteiger partial charge on any atom is 0.410 e. The molecular weight excluding hydrogens is 400 g/mol. The van der Waals surface area contributed by atoms with Gasteiger partial charge in [0.25, 0.3) is 5.91 Å². The summed E-state index contributed by atoms with van der Waals surface area (Å²) in [5.41, 5.74) is 1.46. The van der Waals surface area contributed by atoms with E-state index in [1.54, 1.807) is 4.90 Å². The summed E-state index contributed by atoms with van der Waals surface area (Å²) in [5.74, 6) is 0.473. The second-order valence-corrected chi connectivity index (χ2v) is 9.87. The summed E-state index contributed by atoms with van der Waals surface area (Å²) in [5, 5.41) is 3.07. The van der Waals surface area contributed by atoms with E-state index in [1.807, 2.05) is 45.1 Å². The SMILES string of the molecule is CCCCCC(CCC)C1=C/C=C\C(C(=O)N[C@@H]2CCN(C(=O)OC(C)(C)C)C2)=C/C=C1. The van der Waals surface area contributed by atoms with Crippen LogP contribution in [0, 0.1) is 5.92 Å². The lowest BCUT2D eigenvalue weighted by molar-refractivity contribution is -0.117. The van der Waals surface area contributed by atoms with E-state index in [9.17, 15) is 9.59 Å². The molecule has 0 saturated carbocycles. The topological polar surface area (TPSA) is 58.6 Å². The number of rotatable bonds is 9. The molecule has 1 unspecified atom stereocenters. The van der Waals surface area contributed by atoms with E-state index in [4.69, 9.17) is 4.74 Å². The number of likely N-dealkylation sites (tertiary alicyclic amines) is 1. The molecule has 2 aliphatic rings. The van der Waals surface area contributed by atoms with Crippen LogP contribution >= 0.6 is 0 Å². The van der Waals surface area contributed by atoms with Gasteiger partial charge in [0.1, 0.15) is 5.60 Å². The third-order valence-electron chi connectivity index (χ3n) is 5.83. The number of ether oxygens (including phenoxy) is 1. The van der Waals surface area contributed by atoms with Gasteiger partial charge in [0.05, 0.1) is 0 Å². The highest BCUT2D eigenvalue weighted by Crippen LogP contribution is 2.26. The third kappa shape index (κ3) is 8.68. The van der Waals surface area contributed by atoms with Crippen molar-refractivity contribution in [1.82, 2.24) is 10.2 Å². The Morgan fingerprint density at radius 2 is 1.84 bits per heavy atom. The first-order valence-electron chi connectivity index (χ1n) is 12.3. The van der Waals surface area contributed by atoms with Gasteiger partial charge in [0.15, 0.2) is 0 Å². The largest absolute Gasteiger partial charge is 0.444 e. The summed E-state index contributed by atoms with van der Waals surface area (Å²) in [6.07, 6.45) is 19.9. The van der Waals surface area contributed by atoms with Crippen molar-refractivity contribution >= 4 is 12.0 Å². The van der Waals surface area contributed by atoms with E-state index in [0.717, 1.165) is 6.42 Å². The summed E-state index contributed by atoms with van der Waals surface area (Å²) in [4.78, 5) is 26.7. The molecule has 178 valence electrons. The lowest BCUT2D eigenvalue weighted by Crippen LogP contribution is -2.40. The molecule has 1 fully saturated rings. The van der Waals surface area contributed by atoms with Gasteiger partial charge in [-0.05, 0) is 63.7 Å². The van der Waals surface area contributed by atoms with Crippen LogP contribution in [-0.2, 0) is 9.53 Å². The molecular formula is C27H42N2O3. The Labute approximate surface area is 194 Å². The van der Waals surface area contributed by atoms with E-state index in [0.29, 0.717) is 24.6 Å². The number of nitrogens with one attached hydrogen (secondary N) is 1. The molecule has 2 rings (SSSR count). The van der Waals surface area contributed by atoms with Gasteiger partial charge in [0.2, 0.25) is 0 Å². The molecule has 1 aliphatic heterocycles. The molecule has 32 heavy (non-hydrogen) atoms. The molecule has 1 heterocycles. The predicted octanol–water partition coefficient (Wildman–Crippen LogP) is 6.09. The van der Waals surface area contributed by atoms with Crippen LogP contribution in [-0.4, -0.2) is 41.6 Å². The highest BCUT2D eigenvalue weighted by atomic mass is 16.6. The van der Waals surface area contributed by atoms with Crippen molar-refractivity contribution in [3.8, 4) is 0 Å². The van der Waals surface area contributed by atoms with Crippen LogP contribution in [0.5, 0.6) is 0 Å². The van der Waals surface area contributed by atoms with Crippen LogP contribution in [0.2, 0.25) is 0 Å². The summed E-state index contributed by atoms with van der Waals surface area (Å²) in [6.45, 7) is 11.1. The first kappa shape index (κ1) is 26.0. The Bertz CT molecular complexity index is 755.